The van der Waals surface area contributed by atoms with Gasteiger partial charge in [0.25, 0.3) is 0 Å². The first-order chi connectivity index (χ1) is 8.61. The molecule has 0 fully saturated rings. The van der Waals surface area contributed by atoms with Crippen molar-refractivity contribution >= 4 is 8.80 Å². The lowest BCUT2D eigenvalue weighted by molar-refractivity contribution is 0.0625. The van der Waals surface area contributed by atoms with Gasteiger partial charge in [-0.05, 0) is 6.42 Å². The Balaban J connectivity index is 4.76. The van der Waals surface area contributed by atoms with Crippen molar-refractivity contribution in [1.29, 1.82) is 5.26 Å². The standard InChI is InChI=1S/C12H23NO4Si/c1-6-8-12(17-10-7-9-13)11(2)18(14-3,15-4)16-5/h12H,2,6-8,10H2,1,3-5H3. The first-order valence-electron chi connectivity index (χ1n) is 5.95. The lowest BCUT2D eigenvalue weighted by atomic mass is 10.2. The van der Waals surface area contributed by atoms with Crippen molar-refractivity contribution in [2.24, 2.45) is 0 Å². The highest BCUT2D eigenvalue weighted by Crippen LogP contribution is 2.24. The third-order valence-corrected chi connectivity index (χ3v) is 5.39. The minimum Gasteiger partial charge on any atom is -0.374 e. The van der Waals surface area contributed by atoms with Gasteiger partial charge in [0, 0.05) is 26.5 Å². The van der Waals surface area contributed by atoms with Gasteiger partial charge in [-0.25, -0.2) is 0 Å². The van der Waals surface area contributed by atoms with Crippen LogP contribution in [0.1, 0.15) is 26.2 Å². The molecule has 0 aromatic rings. The molecule has 104 valence electrons. The van der Waals surface area contributed by atoms with Crippen LogP contribution in [0.15, 0.2) is 11.8 Å². The van der Waals surface area contributed by atoms with E-state index >= 15 is 0 Å². The van der Waals surface area contributed by atoms with Crippen molar-refractivity contribution in [2.75, 3.05) is 27.9 Å². The molecule has 0 aliphatic rings. The number of nitriles is 1. The molecule has 0 aromatic carbocycles. The highest BCUT2D eigenvalue weighted by molar-refractivity contribution is 6.68. The maximum atomic E-state index is 8.53. The lowest BCUT2D eigenvalue weighted by Gasteiger charge is -2.30. The Morgan fingerprint density at radius 2 is 1.83 bits per heavy atom. The molecule has 0 bridgehead atoms. The quantitative estimate of drug-likeness (QED) is 0.450. The predicted octanol–water partition coefficient (Wildman–Crippen LogP) is 2.06. The lowest BCUT2D eigenvalue weighted by Crippen LogP contribution is -2.49. The first-order valence-corrected chi connectivity index (χ1v) is 7.67. The number of rotatable bonds is 10. The van der Waals surface area contributed by atoms with Crippen LogP contribution in [0.3, 0.4) is 0 Å². The summed E-state index contributed by atoms with van der Waals surface area (Å²) in [5.74, 6) is 0. The zero-order valence-electron chi connectivity index (χ0n) is 11.7. The van der Waals surface area contributed by atoms with Crippen LogP contribution < -0.4 is 0 Å². The number of hydrogen-bond donors (Lipinski definition) is 0. The van der Waals surface area contributed by atoms with E-state index in [1.807, 2.05) is 6.07 Å². The van der Waals surface area contributed by atoms with Crippen molar-refractivity contribution in [2.45, 2.75) is 32.3 Å². The maximum Gasteiger partial charge on any atom is 0.534 e. The molecule has 0 N–H and O–H groups in total. The van der Waals surface area contributed by atoms with Gasteiger partial charge in [0.15, 0.2) is 0 Å². The topological polar surface area (TPSA) is 60.7 Å². The van der Waals surface area contributed by atoms with Crippen LogP contribution in [0.25, 0.3) is 0 Å². The van der Waals surface area contributed by atoms with Gasteiger partial charge in [0.05, 0.1) is 25.2 Å². The van der Waals surface area contributed by atoms with Crippen molar-refractivity contribution in [3.63, 3.8) is 0 Å². The summed E-state index contributed by atoms with van der Waals surface area (Å²) in [7, 11) is 1.75. The fourth-order valence-electron chi connectivity index (χ4n) is 1.71. The Bertz CT molecular complexity index is 278. The van der Waals surface area contributed by atoms with Crippen LogP contribution in [0.5, 0.6) is 0 Å². The maximum absolute atomic E-state index is 8.53. The highest BCUT2D eigenvalue weighted by Gasteiger charge is 2.45. The van der Waals surface area contributed by atoms with E-state index in [1.54, 1.807) is 21.3 Å². The van der Waals surface area contributed by atoms with Crippen LogP contribution in [0.4, 0.5) is 0 Å². The van der Waals surface area contributed by atoms with Gasteiger partial charge >= 0.3 is 8.80 Å². The third-order valence-electron chi connectivity index (χ3n) is 2.67. The highest BCUT2D eigenvalue weighted by atomic mass is 28.4. The Hall–Kier alpha value is -0.713. The Morgan fingerprint density at radius 1 is 1.28 bits per heavy atom. The summed E-state index contributed by atoms with van der Waals surface area (Å²) in [5.41, 5.74) is 0. The Labute approximate surface area is 111 Å². The second-order valence-corrected chi connectivity index (χ2v) is 6.73. The zero-order chi connectivity index (χ0) is 14.0. The van der Waals surface area contributed by atoms with Crippen LogP contribution >= 0.6 is 0 Å². The smallest absolute Gasteiger partial charge is 0.374 e. The summed E-state index contributed by atoms with van der Waals surface area (Å²) in [6, 6.07) is 2.05. The molecule has 5 nitrogen and oxygen atoms in total. The summed E-state index contributed by atoms with van der Waals surface area (Å²) in [5, 5.41) is 9.23. The van der Waals surface area contributed by atoms with E-state index in [2.05, 4.69) is 13.5 Å². The second-order valence-electron chi connectivity index (χ2n) is 3.75. The van der Waals surface area contributed by atoms with Gasteiger partial charge < -0.3 is 18.0 Å². The number of hydrogen-bond acceptors (Lipinski definition) is 5. The molecule has 1 atom stereocenters. The average molecular weight is 273 g/mol. The normalized spacial score (nSPS) is 13.1. The SMILES string of the molecule is C=C(C(CCC)OCCC#N)[Si](OC)(OC)OC. The van der Waals surface area contributed by atoms with Gasteiger partial charge in [-0.3, -0.25) is 0 Å². The van der Waals surface area contributed by atoms with Crippen LogP contribution in [0.2, 0.25) is 0 Å². The Morgan fingerprint density at radius 3 is 2.22 bits per heavy atom. The summed E-state index contributed by atoms with van der Waals surface area (Å²) >= 11 is 0. The molecule has 0 heterocycles. The monoisotopic (exact) mass is 273 g/mol. The number of ether oxygens (including phenoxy) is 1. The van der Waals surface area contributed by atoms with E-state index < -0.39 is 8.80 Å². The molecule has 0 amide bonds. The molecule has 0 rings (SSSR count). The minimum absolute atomic E-state index is 0.199. The molecule has 0 aliphatic heterocycles. The van der Waals surface area contributed by atoms with E-state index in [4.69, 9.17) is 23.3 Å². The fraction of sp³-hybridized carbons (Fsp3) is 0.750. The molecule has 0 aromatic heterocycles. The van der Waals surface area contributed by atoms with Crippen molar-refractivity contribution in [3.05, 3.63) is 11.8 Å². The number of nitrogens with zero attached hydrogens (tertiary/aromatic N) is 1. The summed E-state index contributed by atoms with van der Waals surface area (Å²) in [6.07, 6.45) is 1.90. The fourth-order valence-corrected chi connectivity index (χ4v) is 3.62. The van der Waals surface area contributed by atoms with E-state index in [9.17, 15) is 0 Å². The van der Waals surface area contributed by atoms with Gasteiger partial charge in [0.1, 0.15) is 0 Å². The second kappa shape index (κ2) is 9.25. The van der Waals surface area contributed by atoms with Crippen LogP contribution in [-0.2, 0) is 18.0 Å². The molecule has 0 saturated heterocycles. The van der Waals surface area contributed by atoms with E-state index in [1.165, 1.54) is 0 Å². The van der Waals surface area contributed by atoms with Crippen LogP contribution in [-0.4, -0.2) is 42.8 Å². The van der Waals surface area contributed by atoms with Gasteiger partial charge in [-0.1, -0.05) is 19.9 Å². The molecule has 1 unspecified atom stereocenters. The molecule has 0 radical (unpaired) electrons. The molecule has 0 aliphatic carbocycles. The minimum atomic E-state index is -2.88. The largest absolute Gasteiger partial charge is 0.534 e. The molecule has 6 heteroatoms. The van der Waals surface area contributed by atoms with Gasteiger partial charge in [-0.2, -0.15) is 5.26 Å². The Kier molecular flexibility index (Phi) is 8.88. The average Bonchev–Trinajstić information content (AvgIpc) is 2.40. The van der Waals surface area contributed by atoms with Crippen LogP contribution in [0, 0.1) is 11.3 Å². The first kappa shape index (κ1) is 17.3. The van der Waals surface area contributed by atoms with E-state index in [0.717, 1.165) is 12.8 Å². The summed E-state index contributed by atoms with van der Waals surface area (Å²) in [6.45, 7) is 6.45. The van der Waals surface area contributed by atoms with E-state index in [-0.39, 0.29) is 6.10 Å². The van der Waals surface area contributed by atoms with Crippen molar-refractivity contribution in [3.8, 4) is 6.07 Å². The predicted molar refractivity (Wildman–Crippen MR) is 70.8 cm³/mol. The summed E-state index contributed by atoms with van der Waals surface area (Å²) in [4.78, 5) is 0. The molecule has 0 saturated carbocycles. The zero-order valence-corrected chi connectivity index (χ0v) is 12.7. The molecule has 18 heavy (non-hydrogen) atoms. The molecular formula is C12H23NO4Si. The summed E-state index contributed by atoms with van der Waals surface area (Å²) < 4.78 is 21.8. The van der Waals surface area contributed by atoms with E-state index in [0.29, 0.717) is 18.2 Å². The van der Waals surface area contributed by atoms with Gasteiger partial charge in [0.2, 0.25) is 0 Å². The van der Waals surface area contributed by atoms with Crippen molar-refractivity contribution in [1.82, 2.24) is 0 Å². The van der Waals surface area contributed by atoms with Crippen molar-refractivity contribution < 1.29 is 18.0 Å². The molecule has 0 spiro atoms. The molecular weight excluding hydrogens is 250 g/mol. The van der Waals surface area contributed by atoms with Gasteiger partial charge in [-0.15, -0.1) is 0 Å². The third kappa shape index (κ3) is 4.52.